The van der Waals surface area contributed by atoms with Crippen molar-refractivity contribution < 1.29 is 65.9 Å². The number of nitrogens with zero attached hydrogens (tertiary/aromatic N) is 2. The molecule has 0 bridgehead atoms. The van der Waals surface area contributed by atoms with Crippen molar-refractivity contribution >= 4 is 22.9 Å². The van der Waals surface area contributed by atoms with E-state index < -0.39 is 109 Å². The maximum Gasteiger partial charge on any atom is 0.200 e. The van der Waals surface area contributed by atoms with Crippen LogP contribution in [0.3, 0.4) is 0 Å². The molecule has 0 unspecified atom stereocenters. The lowest BCUT2D eigenvalue weighted by molar-refractivity contribution is 0.369. The van der Waals surface area contributed by atoms with Gasteiger partial charge in [-0.1, -0.05) is 96.8 Å². The smallest absolute Gasteiger partial charge is 0.200 e. The maximum atomic E-state index is 14.3. The van der Waals surface area contributed by atoms with Crippen LogP contribution in [0.15, 0.2) is 4.99 Å². The number of halogens is 15. The van der Waals surface area contributed by atoms with E-state index in [1.165, 1.54) is 109 Å². The molecule has 0 saturated carbocycles. The molecule has 3 aromatic rings. The summed E-state index contributed by atoms with van der Waals surface area (Å²) in [6.45, 7) is 4.35. The van der Waals surface area contributed by atoms with Crippen LogP contribution in [-0.2, 0) is 0 Å². The molecule has 312 valence electrons. The third kappa shape index (κ3) is 11.0. The molecular formula is C38H40F15N3. The highest BCUT2D eigenvalue weighted by atomic mass is 19.2. The van der Waals surface area contributed by atoms with Crippen molar-refractivity contribution in [1.82, 2.24) is 5.32 Å². The number of benzene rings is 3. The van der Waals surface area contributed by atoms with Gasteiger partial charge in [-0.2, -0.15) is 0 Å². The van der Waals surface area contributed by atoms with E-state index >= 15 is 0 Å². The van der Waals surface area contributed by atoms with Gasteiger partial charge in [0, 0.05) is 13.0 Å². The molecule has 18 heteroatoms. The Hall–Kier alpha value is -4.12. The molecule has 1 heterocycles. The normalized spacial score (nSPS) is 12.5. The summed E-state index contributed by atoms with van der Waals surface area (Å²) in [6, 6.07) is 0. The molecule has 1 aliphatic heterocycles. The zero-order valence-corrected chi connectivity index (χ0v) is 30.3. The van der Waals surface area contributed by atoms with Crippen molar-refractivity contribution in [2.45, 2.75) is 110 Å². The Morgan fingerprint density at radius 3 is 0.875 bits per heavy atom. The molecule has 0 amide bonds. The second kappa shape index (κ2) is 22.0. The molecule has 0 saturated heterocycles. The Kier molecular flexibility index (Phi) is 18.2. The van der Waals surface area contributed by atoms with Crippen LogP contribution >= 0.6 is 0 Å². The highest BCUT2D eigenvalue weighted by molar-refractivity contribution is 5.83. The number of amidine groups is 1. The van der Waals surface area contributed by atoms with Crippen LogP contribution in [0.4, 0.5) is 82.9 Å². The monoisotopic (exact) mass is 823 g/mol. The van der Waals surface area contributed by atoms with Crippen LogP contribution in [0.1, 0.15) is 110 Å². The summed E-state index contributed by atoms with van der Waals surface area (Å²) in [6.07, 6.45) is 22.8. The first-order valence-corrected chi connectivity index (χ1v) is 18.2. The zero-order valence-electron chi connectivity index (χ0n) is 30.3. The van der Waals surface area contributed by atoms with Crippen molar-refractivity contribution in [3.8, 4) is 0 Å². The Morgan fingerprint density at radius 1 is 0.375 bits per heavy atom. The van der Waals surface area contributed by atoms with E-state index in [-0.39, 0.29) is 0 Å². The summed E-state index contributed by atoms with van der Waals surface area (Å²) in [4.78, 5) is 2.89. The van der Waals surface area contributed by atoms with Gasteiger partial charge in [0.2, 0.25) is 17.5 Å². The third-order valence-electron chi connectivity index (χ3n) is 8.99. The van der Waals surface area contributed by atoms with E-state index in [1.807, 2.05) is 0 Å². The molecule has 3 nitrogen and oxygen atoms in total. The number of hydrogen-bond acceptors (Lipinski definition) is 3. The summed E-state index contributed by atoms with van der Waals surface area (Å²) >= 11 is 0. The molecule has 4 rings (SSSR count). The van der Waals surface area contributed by atoms with Gasteiger partial charge in [0.25, 0.3) is 0 Å². The predicted molar refractivity (Wildman–Crippen MR) is 180 cm³/mol. The lowest BCUT2D eigenvalue weighted by Crippen LogP contribution is -2.24. The van der Waals surface area contributed by atoms with Crippen LogP contribution in [0.25, 0.3) is 0 Å². The highest BCUT2D eigenvalue weighted by Crippen LogP contribution is 2.46. The number of nitrogens with one attached hydrogen (secondary N) is 1. The molecular weight excluding hydrogens is 783 g/mol. The molecule has 0 radical (unpaired) electrons. The lowest BCUT2D eigenvalue weighted by Gasteiger charge is -2.28. The van der Waals surface area contributed by atoms with Gasteiger partial charge in [0.15, 0.2) is 69.8 Å². The standard InChI is InChI=1S/C20H40N2.C18F15N/c1-2-3-4-5-6-7-8-9-10-11-12-13-14-15-16-17-20-21-18-19-22-20;19-1-4(22)10(28)16(11(29)5(1)23)34(17-12(30)6(24)2(20)7(25)13(17)31)18-14(32)8(26)3(21)9(27)15(18)33/h2-19H2,1H3,(H,21,22);. The van der Waals surface area contributed by atoms with Gasteiger partial charge in [-0.3, -0.25) is 9.89 Å². The Labute approximate surface area is 314 Å². The highest BCUT2D eigenvalue weighted by Gasteiger charge is 2.41. The summed E-state index contributed by atoms with van der Waals surface area (Å²) in [5.41, 5.74) is -8.53. The van der Waals surface area contributed by atoms with E-state index in [1.54, 1.807) is 0 Å². The largest absolute Gasteiger partial charge is 0.372 e. The minimum Gasteiger partial charge on any atom is -0.372 e. The predicted octanol–water partition coefficient (Wildman–Crippen LogP) is 13.5. The minimum atomic E-state index is -3.12. The molecule has 0 aliphatic carbocycles. The fraction of sp³-hybridized carbons (Fsp3) is 0.500. The Balaban J connectivity index is 0.000000331. The molecule has 3 aromatic carbocycles. The van der Waals surface area contributed by atoms with Gasteiger partial charge < -0.3 is 5.32 Å². The van der Waals surface area contributed by atoms with E-state index in [0.29, 0.717) is 0 Å². The zero-order chi connectivity index (χ0) is 41.7. The van der Waals surface area contributed by atoms with Crippen molar-refractivity contribution in [3.63, 3.8) is 0 Å². The average Bonchev–Trinajstić information content (AvgIpc) is 3.71. The molecule has 0 aromatic heterocycles. The second-order valence-corrected chi connectivity index (χ2v) is 13.0. The van der Waals surface area contributed by atoms with Crippen LogP contribution in [-0.4, -0.2) is 18.9 Å². The number of rotatable bonds is 19. The van der Waals surface area contributed by atoms with Crippen molar-refractivity contribution in [2.24, 2.45) is 4.99 Å². The Morgan fingerprint density at radius 2 is 0.625 bits per heavy atom. The van der Waals surface area contributed by atoms with Crippen LogP contribution in [0.5, 0.6) is 0 Å². The van der Waals surface area contributed by atoms with E-state index in [0.717, 1.165) is 13.1 Å². The van der Waals surface area contributed by atoms with Gasteiger partial charge in [0.05, 0.1) is 12.4 Å². The average molecular weight is 824 g/mol. The maximum absolute atomic E-state index is 14.3. The summed E-state index contributed by atoms with van der Waals surface area (Å²) in [5, 5.41) is 3.36. The van der Waals surface area contributed by atoms with Crippen molar-refractivity contribution in [2.75, 3.05) is 18.0 Å². The summed E-state index contributed by atoms with van der Waals surface area (Å²) < 4.78 is 208. The third-order valence-corrected chi connectivity index (χ3v) is 8.99. The van der Waals surface area contributed by atoms with Gasteiger partial charge >= 0.3 is 0 Å². The fourth-order valence-electron chi connectivity index (χ4n) is 5.98. The van der Waals surface area contributed by atoms with Gasteiger partial charge in [0.1, 0.15) is 17.1 Å². The summed E-state index contributed by atoms with van der Waals surface area (Å²) in [7, 11) is 0. The molecule has 0 atom stereocenters. The second-order valence-electron chi connectivity index (χ2n) is 13.0. The first kappa shape index (κ1) is 46.3. The van der Waals surface area contributed by atoms with Crippen molar-refractivity contribution in [3.05, 3.63) is 87.3 Å². The number of anilines is 3. The number of hydrogen-bond donors (Lipinski definition) is 1. The molecule has 0 fully saturated rings. The molecule has 0 spiro atoms. The minimum absolute atomic E-state index is 0.994. The quantitative estimate of drug-likeness (QED) is 0.0564. The topological polar surface area (TPSA) is 27.6 Å². The molecule has 1 aliphatic rings. The van der Waals surface area contributed by atoms with E-state index in [4.69, 9.17) is 0 Å². The lowest BCUT2D eigenvalue weighted by atomic mass is 10.0. The SMILES string of the molecule is CCCCCCCCCCCCCCCCCC1=NCCN1.Fc1c(F)c(F)c(N(c2c(F)c(F)c(F)c(F)c2F)c2c(F)c(F)c(F)c(F)c2F)c(F)c1F. The number of aliphatic imine (C=N–C) groups is 1. The van der Waals surface area contributed by atoms with Crippen LogP contribution < -0.4 is 10.2 Å². The van der Waals surface area contributed by atoms with Gasteiger partial charge in [-0.05, 0) is 6.42 Å². The fourth-order valence-corrected chi connectivity index (χ4v) is 5.98. The van der Waals surface area contributed by atoms with Crippen molar-refractivity contribution in [1.29, 1.82) is 0 Å². The number of unbranched alkanes of at least 4 members (excludes halogenated alkanes) is 14. The first-order valence-electron chi connectivity index (χ1n) is 18.2. The summed E-state index contributed by atoms with van der Waals surface area (Å²) in [5.74, 6) is -44.7. The van der Waals surface area contributed by atoms with E-state index in [9.17, 15) is 65.9 Å². The van der Waals surface area contributed by atoms with Crippen LogP contribution in [0.2, 0.25) is 0 Å². The van der Waals surface area contributed by atoms with E-state index in [2.05, 4.69) is 17.2 Å². The van der Waals surface area contributed by atoms with Gasteiger partial charge in [-0.25, -0.2) is 65.9 Å². The first-order chi connectivity index (χ1) is 26.6. The molecule has 1 N–H and O–H groups in total. The van der Waals surface area contributed by atoms with Gasteiger partial charge in [-0.15, -0.1) is 0 Å². The Bertz CT molecular complexity index is 1580. The molecule has 56 heavy (non-hydrogen) atoms. The van der Waals surface area contributed by atoms with Crippen LogP contribution in [0, 0.1) is 87.3 Å².